The molecule has 3 aromatic carbocycles. The van der Waals surface area contributed by atoms with Gasteiger partial charge < -0.3 is 14.8 Å². The molecule has 9 heteroatoms. The average Bonchev–Trinajstić information content (AvgIpc) is 2.90. The fourth-order valence-electron chi connectivity index (χ4n) is 2.98. The third-order valence-corrected chi connectivity index (χ3v) is 5.05. The SMILES string of the molecule is [2H]c1c([2H])c([2H])c(Oc2cccc(C(C#N)OC(=O)C(Nc3ccc(C(F)(F)F)cc3Cl)C(C)C)c2)c([2H])c1[2H]. The lowest BCUT2D eigenvalue weighted by molar-refractivity contribution is -0.149. The summed E-state index contributed by atoms with van der Waals surface area (Å²) >= 11 is 6.01. The van der Waals surface area contributed by atoms with E-state index in [0.29, 0.717) is 0 Å². The quantitative estimate of drug-likeness (QED) is 0.322. The number of alkyl halides is 3. The number of para-hydroxylation sites is 1. The van der Waals surface area contributed by atoms with Gasteiger partial charge in [0.15, 0.2) is 0 Å². The molecule has 0 bridgehead atoms. The fourth-order valence-corrected chi connectivity index (χ4v) is 3.22. The summed E-state index contributed by atoms with van der Waals surface area (Å²) < 4.78 is 89.1. The second-order valence-electron chi connectivity index (χ2n) is 7.63. The second-order valence-corrected chi connectivity index (χ2v) is 8.04. The van der Waals surface area contributed by atoms with Crippen LogP contribution in [0.15, 0.2) is 72.7 Å². The van der Waals surface area contributed by atoms with Crippen LogP contribution in [0.25, 0.3) is 0 Å². The number of carbonyl (C=O) groups excluding carboxylic acids is 1. The normalized spacial score (nSPS) is 15.0. The predicted molar refractivity (Wildman–Crippen MR) is 126 cm³/mol. The van der Waals surface area contributed by atoms with Crippen molar-refractivity contribution in [3.8, 4) is 17.6 Å². The monoisotopic (exact) mass is 507 g/mol. The minimum absolute atomic E-state index is 0.0161. The van der Waals surface area contributed by atoms with Crippen molar-refractivity contribution in [2.24, 2.45) is 5.92 Å². The Labute approximate surface area is 213 Å². The van der Waals surface area contributed by atoms with Crippen LogP contribution >= 0.6 is 11.6 Å². The maximum atomic E-state index is 13.0. The molecule has 182 valence electrons. The van der Waals surface area contributed by atoms with E-state index in [1.165, 1.54) is 24.3 Å². The summed E-state index contributed by atoms with van der Waals surface area (Å²) in [5.74, 6) is -1.72. The highest BCUT2D eigenvalue weighted by molar-refractivity contribution is 6.33. The van der Waals surface area contributed by atoms with E-state index in [4.69, 9.17) is 27.9 Å². The Morgan fingerprint density at radius 3 is 2.43 bits per heavy atom. The van der Waals surface area contributed by atoms with Crippen LogP contribution in [0, 0.1) is 17.2 Å². The van der Waals surface area contributed by atoms with Crippen LogP contribution in [-0.4, -0.2) is 12.0 Å². The average molecular weight is 508 g/mol. The summed E-state index contributed by atoms with van der Waals surface area (Å²) in [5, 5.41) is 12.2. The molecule has 0 heterocycles. The molecule has 0 aromatic heterocycles. The van der Waals surface area contributed by atoms with Crippen LogP contribution in [0.2, 0.25) is 5.02 Å². The van der Waals surface area contributed by atoms with Crippen molar-refractivity contribution in [3.05, 3.63) is 88.8 Å². The van der Waals surface area contributed by atoms with Gasteiger partial charge in [0.1, 0.15) is 23.6 Å². The molecule has 3 rings (SSSR count). The third kappa shape index (κ3) is 6.90. The van der Waals surface area contributed by atoms with Crippen molar-refractivity contribution in [2.45, 2.75) is 32.2 Å². The molecule has 1 N–H and O–H groups in total. The third-order valence-electron chi connectivity index (χ3n) is 4.74. The number of hydrogen-bond acceptors (Lipinski definition) is 5. The number of carbonyl (C=O) groups is 1. The van der Waals surface area contributed by atoms with Gasteiger partial charge in [0.2, 0.25) is 6.10 Å². The Morgan fingerprint density at radius 2 is 1.83 bits per heavy atom. The number of hydrogen-bond donors (Lipinski definition) is 1. The molecule has 0 spiro atoms. The molecule has 0 aliphatic carbocycles. The molecule has 0 aliphatic heterocycles. The molecular formula is C26H22ClF3N2O3. The van der Waals surface area contributed by atoms with Crippen molar-refractivity contribution in [2.75, 3.05) is 5.32 Å². The highest BCUT2D eigenvalue weighted by atomic mass is 35.5. The van der Waals surface area contributed by atoms with E-state index in [1.807, 2.05) is 6.07 Å². The highest BCUT2D eigenvalue weighted by Crippen LogP contribution is 2.34. The van der Waals surface area contributed by atoms with Gasteiger partial charge in [-0.1, -0.05) is 55.7 Å². The number of halogens is 4. The summed E-state index contributed by atoms with van der Waals surface area (Å²) in [6.45, 7) is 3.32. The largest absolute Gasteiger partial charge is 0.457 e. The number of nitrogens with zero attached hydrogens (tertiary/aromatic N) is 1. The first-order chi connectivity index (χ1) is 18.6. The lowest BCUT2D eigenvalue weighted by Crippen LogP contribution is -2.36. The first-order valence-electron chi connectivity index (χ1n) is 12.7. The van der Waals surface area contributed by atoms with Crippen molar-refractivity contribution in [3.63, 3.8) is 0 Å². The number of ether oxygens (including phenoxy) is 2. The summed E-state index contributed by atoms with van der Waals surface area (Å²) in [6, 6.07) is 6.16. The van der Waals surface area contributed by atoms with Gasteiger partial charge in [-0.15, -0.1) is 0 Å². The van der Waals surface area contributed by atoms with Gasteiger partial charge in [-0.25, -0.2) is 4.79 Å². The predicted octanol–water partition coefficient (Wildman–Crippen LogP) is 7.40. The van der Waals surface area contributed by atoms with Crippen molar-refractivity contribution in [1.29, 1.82) is 5.26 Å². The topological polar surface area (TPSA) is 71.3 Å². The summed E-state index contributed by atoms with van der Waals surface area (Å²) in [5.41, 5.74) is -0.731. The molecule has 2 atom stereocenters. The molecule has 35 heavy (non-hydrogen) atoms. The van der Waals surface area contributed by atoms with Gasteiger partial charge in [-0.3, -0.25) is 0 Å². The highest BCUT2D eigenvalue weighted by Gasteiger charge is 2.32. The molecule has 0 saturated carbocycles. The zero-order valence-corrected chi connectivity index (χ0v) is 19.2. The van der Waals surface area contributed by atoms with Crippen LogP contribution in [0.1, 0.15) is 37.9 Å². The van der Waals surface area contributed by atoms with Crippen LogP contribution in [0.3, 0.4) is 0 Å². The van der Waals surface area contributed by atoms with Gasteiger partial charge >= 0.3 is 12.1 Å². The molecule has 2 unspecified atom stereocenters. The van der Waals surface area contributed by atoms with E-state index in [0.717, 1.165) is 18.2 Å². The van der Waals surface area contributed by atoms with Gasteiger partial charge in [0, 0.05) is 5.56 Å². The number of esters is 1. The molecule has 0 amide bonds. The maximum absolute atomic E-state index is 13.0. The molecule has 0 radical (unpaired) electrons. The first-order valence-corrected chi connectivity index (χ1v) is 10.6. The number of nitriles is 1. The number of anilines is 1. The number of rotatable bonds is 8. The van der Waals surface area contributed by atoms with Crippen LogP contribution in [-0.2, 0) is 15.7 Å². The maximum Gasteiger partial charge on any atom is 0.416 e. The van der Waals surface area contributed by atoms with E-state index in [-0.39, 0.29) is 22.0 Å². The number of benzene rings is 3. The van der Waals surface area contributed by atoms with Gasteiger partial charge in [0.05, 0.1) is 23.1 Å². The second kappa shape index (κ2) is 11.2. The van der Waals surface area contributed by atoms with E-state index in [2.05, 4.69) is 5.32 Å². The molecule has 0 fully saturated rings. The molecule has 5 nitrogen and oxygen atoms in total. The lowest BCUT2D eigenvalue weighted by atomic mass is 10.0. The number of nitrogens with one attached hydrogen (secondary N) is 1. The van der Waals surface area contributed by atoms with Crippen LogP contribution in [0.4, 0.5) is 18.9 Å². The molecule has 0 aliphatic rings. The van der Waals surface area contributed by atoms with Gasteiger partial charge in [-0.2, -0.15) is 18.4 Å². The zero-order valence-electron chi connectivity index (χ0n) is 23.5. The first kappa shape index (κ1) is 19.6. The molecular weight excluding hydrogens is 481 g/mol. The van der Waals surface area contributed by atoms with Gasteiger partial charge in [-0.05, 0) is 48.3 Å². The van der Waals surface area contributed by atoms with E-state index in [9.17, 15) is 23.2 Å². The van der Waals surface area contributed by atoms with E-state index < -0.39 is 71.7 Å². The van der Waals surface area contributed by atoms with Crippen LogP contribution < -0.4 is 10.1 Å². The van der Waals surface area contributed by atoms with E-state index in [1.54, 1.807) is 13.8 Å². The standard InChI is InChI=1S/C26H22ClF3N2O3/c1-16(2)24(32-22-12-11-18(14-21(22)27)26(28,29)30)25(33)35-23(15-31)17-7-6-10-20(13-17)34-19-8-4-3-5-9-19/h3-14,16,23-24,32H,1-2H3/i3D,4D,5D,8D,9D. The Kier molecular flexibility index (Phi) is 6.24. The summed E-state index contributed by atoms with van der Waals surface area (Å²) in [4.78, 5) is 13.0. The van der Waals surface area contributed by atoms with Gasteiger partial charge in [0.25, 0.3) is 0 Å². The summed E-state index contributed by atoms with van der Waals surface area (Å²) in [7, 11) is 0. The Morgan fingerprint density at radius 1 is 1.11 bits per heavy atom. The lowest BCUT2D eigenvalue weighted by Gasteiger charge is -2.24. The smallest absolute Gasteiger partial charge is 0.416 e. The zero-order chi connectivity index (χ0) is 29.9. The fraction of sp³-hybridized carbons (Fsp3) is 0.231. The molecule has 3 aromatic rings. The minimum Gasteiger partial charge on any atom is -0.457 e. The Bertz CT molecular complexity index is 1450. The van der Waals surface area contributed by atoms with Crippen molar-refractivity contribution < 1.29 is 34.3 Å². The van der Waals surface area contributed by atoms with Crippen molar-refractivity contribution in [1.82, 2.24) is 0 Å². The minimum atomic E-state index is -4.60. The van der Waals surface area contributed by atoms with E-state index >= 15 is 0 Å². The molecule has 0 saturated heterocycles. The van der Waals surface area contributed by atoms with Crippen LogP contribution in [0.5, 0.6) is 11.5 Å². The summed E-state index contributed by atoms with van der Waals surface area (Å²) in [6.07, 6.45) is -6.04. The Hall–Kier alpha value is -3.70. The van der Waals surface area contributed by atoms with Crippen molar-refractivity contribution >= 4 is 23.3 Å². The Balaban J connectivity index is 1.83.